The quantitative estimate of drug-likeness (QED) is 0.645. The molecule has 0 spiro atoms. The zero-order valence-corrected chi connectivity index (χ0v) is 12.3. The molecule has 0 N–H and O–H groups in total. The third-order valence-electron chi connectivity index (χ3n) is 2.85. The van der Waals surface area contributed by atoms with Gasteiger partial charge in [0.25, 0.3) is 0 Å². The van der Waals surface area contributed by atoms with Gasteiger partial charge in [0.05, 0.1) is 11.5 Å². The summed E-state index contributed by atoms with van der Waals surface area (Å²) in [5.41, 5.74) is 0.480. The molecule has 0 radical (unpaired) electrons. The summed E-state index contributed by atoms with van der Waals surface area (Å²) in [6, 6.07) is 2.52. The maximum absolute atomic E-state index is 9.33. The van der Waals surface area contributed by atoms with Crippen molar-refractivity contribution in [1.82, 2.24) is 0 Å². The summed E-state index contributed by atoms with van der Waals surface area (Å²) in [4.78, 5) is 0. The first-order valence-corrected chi connectivity index (χ1v) is 6.39. The lowest BCUT2D eigenvalue weighted by molar-refractivity contribution is 0.222. The van der Waals surface area contributed by atoms with Crippen molar-refractivity contribution in [2.45, 2.75) is 74.1 Å². The Hall–Kier alpha value is -0.510. The molecule has 1 atom stereocenters. The summed E-state index contributed by atoms with van der Waals surface area (Å²) in [6.45, 7) is 15.5. The zero-order valence-electron chi connectivity index (χ0n) is 12.3. The van der Waals surface area contributed by atoms with E-state index in [9.17, 15) is 5.26 Å². The topological polar surface area (TPSA) is 23.8 Å². The molecule has 0 amide bonds. The number of rotatable bonds is 4. The Balaban J connectivity index is 4.25. The summed E-state index contributed by atoms with van der Waals surface area (Å²) in [5, 5.41) is 9.33. The molecule has 0 aliphatic heterocycles. The minimum Gasteiger partial charge on any atom is -0.198 e. The van der Waals surface area contributed by atoms with Crippen molar-refractivity contribution >= 4 is 0 Å². The molecule has 1 heteroatoms. The molecular formula is C15H29N. The molecule has 16 heavy (non-hydrogen) atoms. The van der Waals surface area contributed by atoms with E-state index < -0.39 is 0 Å². The van der Waals surface area contributed by atoms with Crippen LogP contribution in [0, 0.1) is 27.6 Å². The Bertz CT molecular complexity index is 246. The number of nitriles is 1. The highest BCUT2D eigenvalue weighted by atomic mass is 14.4. The largest absolute Gasteiger partial charge is 0.198 e. The van der Waals surface area contributed by atoms with Crippen LogP contribution in [0.3, 0.4) is 0 Å². The summed E-state index contributed by atoms with van der Waals surface area (Å²) >= 11 is 0. The Morgan fingerprint density at radius 2 is 1.31 bits per heavy atom. The molecule has 0 fully saturated rings. The first-order valence-electron chi connectivity index (χ1n) is 6.39. The van der Waals surface area contributed by atoms with Gasteiger partial charge in [0.15, 0.2) is 0 Å². The van der Waals surface area contributed by atoms with E-state index in [2.05, 4.69) is 54.5 Å². The Morgan fingerprint density at radius 1 is 0.812 bits per heavy atom. The fourth-order valence-corrected chi connectivity index (χ4v) is 2.36. The molecule has 0 bridgehead atoms. The lowest BCUT2D eigenvalue weighted by Crippen LogP contribution is -2.22. The van der Waals surface area contributed by atoms with Crippen LogP contribution in [-0.2, 0) is 0 Å². The molecule has 0 aromatic carbocycles. The van der Waals surface area contributed by atoms with Crippen molar-refractivity contribution in [1.29, 1.82) is 5.26 Å². The van der Waals surface area contributed by atoms with Crippen LogP contribution in [0.1, 0.15) is 74.1 Å². The zero-order chi connectivity index (χ0) is 13.0. The van der Waals surface area contributed by atoms with Crippen molar-refractivity contribution in [3.05, 3.63) is 0 Å². The van der Waals surface area contributed by atoms with E-state index in [0.717, 1.165) is 19.3 Å². The molecular weight excluding hydrogens is 194 g/mol. The summed E-state index contributed by atoms with van der Waals surface area (Å²) in [6.07, 6.45) is 4.37. The Labute approximate surface area is 102 Å². The molecule has 0 aromatic rings. The van der Waals surface area contributed by atoms with Crippen molar-refractivity contribution in [3.63, 3.8) is 0 Å². The van der Waals surface area contributed by atoms with Gasteiger partial charge >= 0.3 is 0 Å². The van der Waals surface area contributed by atoms with E-state index in [0.29, 0.717) is 5.41 Å². The van der Waals surface area contributed by atoms with Crippen molar-refractivity contribution in [3.8, 4) is 6.07 Å². The number of hydrogen-bond acceptors (Lipinski definition) is 1. The average Bonchev–Trinajstić information content (AvgIpc) is 1.98. The second-order valence-electron chi connectivity index (χ2n) is 7.82. The predicted molar refractivity (Wildman–Crippen MR) is 71.1 cm³/mol. The van der Waals surface area contributed by atoms with Crippen molar-refractivity contribution in [2.75, 3.05) is 0 Å². The molecule has 0 heterocycles. The standard InChI is InChI=1S/C15H29N/c1-13(2,3)9-8-10-15(7,12-16)11-14(4,5)6/h8-11H2,1-7H3. The maximum atomic E-state index is 9.33. The Kier molecular flexibility index (Phi) is 5.05. The third-order valence-corrected chi connectivity index (χ3v) is 2.85. The highest BCUT2D eigenvalue weighted by Crippen LogP contribution is 2.38. The molecule has 0 saturated heterocycles. The van der Waals surface area contributed by atoms with Crippen LogP contribution < -0.4 is 0 Å². The van der Waals surface area contributed by atoms with Gasteiger partial charge in [0.2, 0.25) is 0 Å². The molecule has 0 aliphatic rings. The molecule has 0 rings (SSSR count). The molecule has 0 aliphatic carbocycles. The van der Waals surface area contributed by atoms with Gasteiger partial charge < -0.3 is 0 Å². The molecule has 94 valence electrons. The molecule has 1 nitrogen and oxygen atoms in total. The van der Waals surface area contributed by atoms with Gasteiger partial charge in [-0.05, 0) is 37.0 Å². The van der Waals surface area contributed by atoms with E-state index in [4.69, 9.17) is 0 Å². The summed E-state index contributed by atoms with van der Waals surface area (Å²) in [7, 11) is 0. The SMILES string of the molecule is CC(C)(C)CCCC(C)(C#N)CC(C)(C)C. The van der Waals surface area contributed by atoms with E-state index in [1.165, 1.54) is 6.42 Å². The van der Waals surface area contributed by atoms with Crippen LogP contribution in [0.4, 0.5) is 0 Å². The van der Waals surface area contributed by atoms with Gasteiger partial charge in [-0.15, -0.1) is 0 Å². The minimum atomic E-state index is -0.149. The first kappa shape index (κ1) is 15.5. The lowest BCUT2D eigenvalue weighted by atomic mass is 9.72. The smallest absolute Gasteiger partial charge is 0.0687 e. The minimum absolute atomic E-state index is 0.149. The average molecular weight is 223 g/mol. The van der Waals surface area contributed by atoms with Gasteiger partial charge in [0, 0.05) is 0 Å². The fraction of sp³-hybridized carbons (Fsp3) is 0.933. The third kappa shape index (κ3) is 7.74. The first-order chi connectivity index (χ1) is 6.97. The molecule has 0 saturated carbocycles. The molecule has 0 aromatic heterocycles. The van der Waals surface area contributed by atoms with Crippen LogP contribution in [-0.4, -0.2) is 0 Å². The van der Waals surface area contributed by atoms with Gasteiger partial charge in [-0.1, -0.05) is 48.0 Å². The van der Waals surface area contributed by atoms with Crippen LogP contribution in [0.15, 0.2) is 0 Å². The van der Waals surface area contributed by atoms with Crippen LogP contribution in [0.5, 0.6) is 0 Å². The van der Waals surface area contributed by atoms with E-state index >= 15 is 0 Å². The number of nitrogens with zero attached hydrogens (tertiary/aromatic N) is 1. The van der Waals surface area contributed by atoms with E-state index in [1.54, 1.807) is 0 Å². The van der Waals surface area contributed by atoms with Crippen LogP contribution in [0.2, 0.25) is 0 Å². The highest BCUT2D eigenvalue weighted by molar-refractivity contribution is 4.97. The highest BCUT2D eigenvalue weighted by Gasteiger charge is 2.29. The van der Waals surface area contributed by atoms with Gasteiger partial charge in [-0.3, -0.25) is 0 Å². The van der Waals surface area contributed by atoms with Crippen LogP contribution in [0.25, 0.3) is 0 Å². The lowest BCUT2D eigenvalue weighted by Gasteiger charge is -2.30. The predicted octanol–water partition coefficient (Wildman–Crippen LogP) is 5.17. The van der Waals surface area contributed by atoms with E-state index in [1.807, 2.05) is 0 Å². The Morgan fingerprint density at radius 3 is 1.62 bits per heavy atom. The second-order valence-corrected chi connectivity index (χ2v) is 7.82. The second kappa shape index (κ2) is 5.21. The van der Waals surface area contributed by atoms with Gasteiger partial charge in [-0.2, -0.15) is 5.26 Å². The summed E-state index contributed by atoms with van der Waals surface area (Å²) in [5.74, 6) is 0. The monoisotopic (exact) mass is 223 g/mol. The van der Waals surface area contributed by atoms with E-state index in [-0.39, 0.29) is 10.8 Å². The fourth-order valence-electron chi connectivity index (χ4n) is 2.36. The summed E-state index contributed by atoms with van der Waals surface area (Å²) < 4.78 is 0. The number of hydrogen-bond donors (Lipinski definition) is 0. The van der Waals surface area contributed by atoms with Crippen molar-refractivity contribution in [2.24, 2.45) is 16.2 Å². The maximum Gasteiger partial charge on any atom is 0.0687 e. The van der Waals surface area contributed by atoms with Crippen LogP contribution >= 0.6 is 0 Å². The van der Waals surface area contributed by atoms with Gasteiger partial charge in [-0.25, -0.2) is 0 Å². The van der Waals surface area contributed by atoms with Crippen molar-refractivity contribution < 1.29 is 0 Å². The van der Waals surface area contributed by atoms with Gasteiger partial charge in [0.1, 0.15) is 0 Å². The normalized spacial score (nSPS) is 16.6. The molecule has 1 unspecified atom stereocenters.